The third kappa shape index (κ3) is 5.87. The number of hydrogen-bond acceptors (Lipinski definition) is 6. The summed E-state index contributed by atoms with van der Waals surface area (Å²) < 4.78 is 44.3. The largest absolute Gasteiger partial charge is 0.350 e. The van der Waals surface area contributed by atoms with Crippen LogP contribution < -0.4 is 11.0 Å². The fraction of sp³-hybridized carbons (Fsp3) is 0.478. The van der Waals surface area contributed by atoms with Crippen LogP contribution in [0.3, 0.4) is 0 Å². The van der Waals surface area contributed by atoms with Gasteiger partial charge in [-0.15, -0.1) is 0 Å². The Morgan fingerprint density at radius 2 is 2.09 bits per heavy atom. The first-order chi connectivity index (χ1) is 15.5. The Hall–Kier alpha value is -2.56. The lowest BCUT2D eigenvalue weighted by Gasteiger charge is -2.28. The monoisotopic (exact) mass is 480 g/mol. The van der Waals surface area contributed by atoms with Gasteiger partial charge < -0.3 is 9.30 Å². The van der Waals surface area contributed by atoms with Crippen molar-refractivity contribution in [2.45, 2.75) is 57.1 Å². The van der Waals surface area contributed by atoms with E-state index in [1.807, 2.05) is 13.0 Å². The fourth-order valence-corrected chi connectivity index (χ4v) is 4.43. The van der Waals surface area contributed by atoms with Crippen molar-refractivity contribution in [3.05, 3.63) is 58.3 Å². The molecule has 1 saturated heterocycles. The standard InChI is InChI=1S/C23H29FN2O6S/c1-16-7-6-8-17(13-16)18-14-20(27)26(15-19(18)24)11-10-23(2,33(3,29)30)22(28)25-32-21-9-4-5-12-31-21/h6-8,13-15,21H,4-5,9-12H2,1-3H3,(H,25,28)/t21?,23-/m1/s1. The molecule has 0 bridgehead atoms. The summed E-state index contributed by atoms with van der Waals surface area (Å²) in [7, 11) is -3.91. The molecule has 1 N–H and O–H groups in total. The van der Waals surface area contributed by atoms with Gasteiger partial charge in [0.1, 0.15) is 5.82 Å². The lowest BCUT2D eigenvalue weighted by molar-refractivity contribution is -0.201. The number of benzene rings is 1. The summed E-state index contributed by atoms with van der Waals surface area (Å²) in [5.74, 6) is -1.49. The first-order valence-electron chi connectivity index (χ1n) is 10.8. The summed E-state index contributed by atoms with van der Waals surface area (Å²) >= 11 is 0. The smallest absolute Gasteiger partial charge is 0.264 e. The Morgan fingerprint density at radius 3 is 2.73 bits per heavy atom. The van der Waals surface area contributed by atoms with Gasteiger partial charge in [0.05, 0.1) is 0 Å². The number of nitrogens with one attached hydrogen (secondary N) is 1. The number of sulfone groups is 1. The second kappa shape index (κ2) is 10.1. The van der Waals surface area contributed by atoms with Crippen LogP contribution in [-0.2, 0) is 30.8 Å². The highest BCUT2D eigenvalue weighted by Gasteiger charge is 2.44. The van der Waals surface area contributed by atoms with E-state index >= 15 is 0 Å². The molecule has 10 heteroatoms. The van der Waals surface area contributed by atoms with Crippen LogP contribution in [0.1, 0.15) is 38.2 Å². The molecule has 8 nitrogen and oxygen atoms in total. The SMILES string of the molecule is Cc1cccc(-c2cc(=O)n(CC[C@](C)(C(=O)NOC3CCCCO3)S(C)(=O)=O)cc2F)c1. The zero-order valence-electron chi connectivity index (χ0n) is 19.0. The average molecular weight is 481 g/mol. The summed E-state index contributed by atoms with van der Waals surface area (Å²) in [5, 5.41) is 0. The van der Waals surface area contributed by atoms with Crippen molar-refractivity contribution >= 4 is 15.7 Å². The number of aryl methyl sites for hydroxylation is 2. The van der Waals surface area contributed by atoms with Gasteiger partial charge in [-0.05, 0) is 38.7 Å². The maximum Gasteiger partial charge on any atom is 0.264 e. The minimum atomic E-state index is -3.91. The molecule has 1 amide bonds. The van der Waals surface area contributed by atoms with Gasteiger partial charge in [-0.25, -0.2) is 23.1 Å². The summed E-state index contributed by atoms with van der Waals surface area (Å²) in [6.45, 7) is 3.44. The first kappa shape index (κ1) is 25.1. The van der Waals surface area contributed by atoms with Crippen LogP contribution in [0, 0.1) is 12.7 Å². The van der Waals surface area contributed by atoms with Gasteiger partial charge in [0.2, 0.25) is 0 Å². The van der Waals surface area contributed by atoms with E-state index in [0.29, 0.717) is 18.6 Å². The number of hydrogen-bond donors (Lipinski definition) is 1. The number of halogens is 1. The third-order valence-electron chi connectivity index (χ3n) is 5.96. The van der Waals surface area contributed by atoms with Crippen molar-refractivity contribution in [1.82, 2.24) is 10.0 Å². The van der Waals surface area contributed by atoms with Gasteiger partial charge in [0.25, 0.3) is 11.5 Å². The maximum atomic E-state index is 14.8. The lowest BCUT2D eigenvalue weighted by Crippen LogP contribution is -2.51. The van der Waals surface area contributed by atoms with Gasteiger partial charge in [0.15, 0.2) is 20.9 Å². The molecule has 1 aromatic carbocycles. The number of aromatic nitrogens is 1. The zero-order valence-corrected chi connectivity index (χ0v) is 19.8. The summed E-state index contributed by atoms with van der Waals surface area (Å²) in [4.78, 5) is 30.6. The molecule has 33 heavy (non-hydrogen) atoms. The molecule has 3 rings (SSSR count). The Bertz CT molecular complexity index is 1170. The molecule has 0 radical (unpaired) electrons. The van der Waals surface area contributed by atoms with Gasteiger partial charge in [-0.1, -0.05) is 29.8 Å². The number of rotatable bonds is 8. The Labute approximate surface area is 192 Å². The number of pyridine rings is 1. The summed E-state index contributed by atoms with van der Waals surface area (Å²) in [6.07, 6.45) is 3.42. The van der Waals surface area contributed by atoms with Crippen molar-refractivity contribution in [2.24, 2.45) is 0 Å². The van der Waals surface area contributed by atoms with E-state index in [4.69, 9.17) is 9.57 Å². The zero-order chi connectivity index (χ0) is 24.2. The minimum absolute atomic E-state index is 0.157. The van der Waals surface area contributed by atoms with E-state index in [-0.39, 0.29) is 18.5 Å². The number of nitrogens with zero attached hydrogens (tertiary/aromatic N) is 1. The van der Waals surface area contributed by atoms with Gasteiger partial charge in [0, 0.05) is 43.7 Å². The van der Waals surface area contributed by atoms with E-state index in [0.717, 1.165) is 35.4 Å². The second-order valence-corrected chi connectivity index (χ2v) is 11.0. The van der Waals surface area contributed by atoms with E-state index in [1.165, 1.54) is 13.0 Å². The summed E-state index contributed by atoms with van der Waals surface area (Å²) in [6, 6.07) is 8.28. The number of ether oxygens (including phenoxy) is 1. The predicted molar refractivity (Wildman–Crippen MR) is 122 cm³/mol. The lowest BCUT2D eigenvalue weighted by atomic mass is 10.0. The first-order valence-corrected chi connectivity index (χ1v) is 12.6. The molecule has 1 aliphatic heterocycles. The normalized spacial score (nSPS) is 18.5. The van der Waals surface area contributed by atoms with Crippen LogP contribution in [0.5, 0.6) is 0 Å². The van der Waals surface area contributed by atoms with E-state index in [1.54, 1.807) is 18.2 Å². The fourth-order valence-electron chi connectivity index (χ4n) is 3.59. The molecule has 180 valence electrons. The second-order valence-electron chi connectivity index (χ2n) is 8.53. The molecule has 1 fully saturated rings. The Kier molecular flexibility index (Phi) is 7.71. The van der Waals surface area contributed by atoms with Gasteiger partial charge in [-0.3, -0.25) is 9.59 Å². The maximum absolute atomic E-state index is 14.8. The molecule has 2 heterocycles. The minimum Gasteiger partial charge on any atom is -0.350 e. The van der Waals surface area contributed by atoms with Gasteiger partial charge >= 0.3 is 0 Å². The highest BCUT2D eigenvalue weighted by atomic mass is 32.2. The molecule has 2 aromatic rings. The number of amides is 1. The van der Waals surface area contributed by atoms with Crippen LogP contribution in [0.25, 0.3) is 11.1 Å². The third-order valence-corrected chi connectivity index (χ3v) is 7.98. The van der Waals surface area contributed by atoms with Crippen LogP contribution in [0.4, 0.5) is 4.39 Å². The number of carbonyl (C=O) groups is 1. The van der Waals surface area contributed by atoms with Gasteiger partial charge in [-0.2, -0.15) is 0 Å². The number of carbonyl (C=O) groups excluding carboxylic acids is 1. The molecular formula is C23H29FN2O6S. The molecule has 0 saturated carbocycles. The Balaban J connectivity index is 1.77. The van der Waals surface area contributed by atoms with E-state index < -0.39 is 38.2 Å². The molecule has 0 aliphatic carbocycles. The van der Waals surface area contributed by atoms with Crippen molar-refractivity contribution in [2.75, 3.05) is 12.9 Å². The van der Waals surface area contributed by atoms with E-state index in [2.05, 4.69) is 5.48 Å². The quantitative estimate of drug-likeness (QED) is 0.583. The van der Waals surface area contributed by atoms with Crippen molar-refractivity contribution < 1.29 is 27.2 Å². The molecule has 2 atom stereocenters. The van der Waals surface area contributed by atoms with Crippen molar-refractivity contribution in [3.8, 4) is 11.1 Å². The molecule has 0 spiro atoms. The van der Waals surface area contributed by atoms with Crippen LogP contribution in [0.2, 0.25) is 0 Å². The van der Waals surface area contributed by atoms with Crippen LogP contribution in [-0.4, -0.2) is 42.8 Å². The Morgan fingerprint density at radius 1 is 1.33 bits per heavy atom. The molecule has 1 unspecified atom stereocenters. The summed E-state index contributed by atoms with van der Waals surface area (Å²) in [5.41, 5.74) is 3.34. The number of hydroxylamine groups is 1. The highest BCUT2D eigenvalue weighted by Crippen LogP contribution is 2.25. The predicted octanol–water partition coefficient (Wildman–Crippen LogP) is 2.73. The molecule has 1 aliphatic rings. The van der Waals surface area contributed by atoms with Crippen LogP contribution >= 0.6 is 0 Å². The van der Waals surface area contributed by atoms with E-state index in [9.17, 15) is 22.4 Å². The molecule has 1 aromatic heterocycles. The van der Waals surface area contributed by atoms with Crippen LogP contribution in [0.15, 0.2) is 41.3 Å². The average Bonchev–Trinajstić information content (AvgIpc) is 2.77. The molecular weight excluding hydrogens is 451 g/mol. The van der Waals surface area contributed by atoms with Crippen molar-refractivity contribution in [3.63, 3.8) is 0 Å². The topological polar surface area (TPSA) is 104 Å². The highest BCUT2D eigenvalue weighted by molar-refractivity contribution is 7.92. The van der Waals surface area contributed by atoms with Crippen molar-refractivity contribution in [1.29, 1.82) is 0 Å².